The Morgan fingerprint density at radius 3 is 2.65 bits per heavy atom. The van der Waals surface area contributed by atoms with Crippen LogP contribution < -0.4 is 20.1 Å². The third kappa shape index (κ3) is 7.12. The second kappa shape index (κ2) is 13.9. The minimum atomic E-state index is -3.83. The number of sulfonamides is 1. The quantitative estimate of drug-likeness (QED) is 0.370. The maximum Gasteiger partial charge on any atom is 0.259 e. The molecule has 7 rings (SSSR count). The summed E-state index contributed by atoms with van der Waals surface area (Å²) in [6.07, 6.45) is 16.5. The number of ether oxygens (including phenoxy) is 1. The number of allylic oxidation sites excluding steroid dienone is 1. The highest BCUT2D eigenvalue weighted by molar-refractivity contribution is 7.91. The topological polar surface area (TPSA) is 147 Å². The molecule has 2 aliphatic heterocycles. The maximum absolute atomic E-state index is 14.6. The molecular weight excluding hydrogens is 643 g/mol. The molecule has 262 valence electrons. The molecule has 3 heterocycles. The Kier molecular flexibility index (Phi) is 9.54. The molecule has 0 radical (unpaired) electrons. The lowest BCUT2D eigenvalue weighted by molar-refractivity contribution is -0.142. The van der Waals surface area contributed by atoms with Crippen LogP contribution in [0.2, 0.25) is 0 Å². The molecule has 4 fully saturated rings. The number of rotatable bonds is 7. The molecule has 12 heteroatoms. The molecule has 2 aromatic rings. The predicted octanol–water partition coefficient (Wildman–Crippen LogP) is 3.99. The third-order valence-corrected chi connectivity index (χ3v) is 12.8. The summed E-state index contributed by atoms with van der Waals surface area (Å²) in [5.74, 6) is -1.22. The van der Waals surface area contributed by atoms with E-state index >= 15 is 0 Å². The summed E-state index contributed by atoms with van der Waals surface area (Å²) in [6.45, 7) is 4.70. The minimum absolute atomic E-state index is 0.138. The molecule has 5 atom stereocenters. The van der Waals surface area contributed by atoms with E-state index in [9.17, 15) is 22.8 Å². The van der Waals surface area contributed by atoms with E-state index < -0.39 is 56.7 Å². The molecule has 3 saturated carbocycles. The molecule has 3 N–H and O–H groups in total. The Morgan fingerprint density at radius 2 is 1.90 bits per heavy atom. The number of fused-ring (bicyclic) bond motifs is 3. The van der Waals surface area contributed by atoms with E-state index in [1.807, 2.05) is 12.1 Å². The Labute approximate surface area is 288 Å². The third-order valence-electron chi connectivity index (χ3n) is 11.0. The van der Waals surface area contributed by atoms with Gasteiger partial charge in [-0.15, -0.1) is 6.58 Å². The fraction of sp³-hybridized carbons (Fsp3) is 0.568. The van der Waals surface area contributed by atoms with Gasteiger partial charge in [0.2, 0.25) is 27.7 Å². The van der Waals surface area contributed by atoms with E-state index in [2.05, 4.69) is 51.2 Å². The highest BCUT2D eigenvalue weighted by atomic mass is 32.2. The van der Waals surface area contributed by atoms with Gasteiger partial charge >= 0.3 is 0 Å². The highest BCUT2D eigenvalue weighted by Crippen LogP contribution is 2.45. The molecule has 3 amide bonds. The second-order valence-electron chi connectivity index (χ2n) is 14.5. The Bertz CT molecular complexity index is 1750. The molecule has 3 aliphatic carbocycles. The normalized spacial score (nSPS) is 30.3. The van der Waals surface area contributed by atoms with Crippen LogP contribution in [0.1, 0.15) is 82.6 Å². The zero-order valence-corrected chi connectivity index (χ0v) is 28.8. The summed E-state index contributed by atoms with van der Waals surface area (Å²) in [4.78, 5) is 48.5. The van der Waals surface area contributed by atoms with Crippen LogP contribution in [0.15, 0.2) is 49.2 Å². The van der Waals surface area contributed by atoms with Gasteiger partial charge in [0.05, 0.1) is 17.8 Å². The summed E-state index contributed by atoms with van der Waals surface area (Å²) < 4.78 is 34.1. The highest BCUT2D eigenvalue weighted by Gasteiger charge is 2.62. The first kappa shape index (κ1) is 33.7. The van der Waals surface area contributed by atoms with Crippen LogP contribution >= 0.6 is 0 Å². The Morgan fingerprint density at radius 1 is 1.08 bits per heavy atom. The minimum Gasteiger partial charge on any atom is -0.472 e. The monoisotopic (exact) mass is 689 g/mol. The van der Waals surface area contributed by atoms with Crippen molar-refractivity contribution >= 4 is 44.6 Å². The van der Waals surface area contributed by atoms with E-state index in [0.29, 0.717) is 25.3 Å². The van der Waals surface area contributed by atoms with Gasteiger partial charge in [0.25, 0.3) is 5.91 Å². The molecule has 5 aliphatic rings. The van der Waals surface area contributed by atoms with Gasteiger partial charge in [0.1, 0.15) is 17.7 Å². The van der Waals surface area contributed by atoms with E-state index in [1.165, 1.54) is 0 Å². The van der Waals surface area contributed by atoms with Crippen molar-refractivity contribution in [1.29, 1.82) is 0 Å². The van der Waals surface area contributed by atoms with E-state index in [0.717, 1.165) is 67.7 Å². The van der Waals surface area contributed by atoms with Gasteiger partial charge in [0, 0.05) is 23.9 Å². The number of aromatic nitrogens is 1. The number of hydrogen-bond acceptors (Lipinski definition) is 8. The second-order valence-corrected chi connectivity index (χ2v) is 16.4. The van der Waals surface area contributed by atoms with Crippen LogP contribution in [0.25, 0.3) is 16.8 Å². The fourth-order valence-corrected chi connectivity index (χ4v) is 9.24. The van der Waals surface area contributed by atoms with Gasteiger partial charge in [-0.1, -0.05) is 49.6 Å². The Balaban J connectivity index is 1.19. The Hall–Kier alpha value is -3.77. The molecular formula is C37H47N5O6S. The zero-order chi connectivity index (χ0) is 34.2. The molecule has 0 unspecified atom stereocenters. The fourth-order valence-electron chi connectivity index (χ4n) is 7.87. The van der Waals surface area contributed by atoms with Crippen molar-refractivity contribution < 1.29 is 27.5 Å². The largest absolute Gasteiger partial charge is 0.472 e. The average Bonchev–Trinajstić information content (AvgIpc) is 3.96. The first-order valence-electron chi connectivity index (χ1n) is 17.9. The maximum atomic E-state index is 14.6. The van der Waals surface area contributed by atoms with Gasteiger partial charge in [-0.05, 0) is 86.9 Å². The predicted molar refractivity (Wildman–Crippen MR) is 187 cm³/mol. The van der Waals surface area contributed by atoms with Crippen LogP contribution in [0.5, 0.6) is 5.88 Å². The molecule has 4 bridgehead atoms. The van der Waals surface area contributed by atoms with Crippen LogP contribution in [0, 0.1) is 11.8 Å². The first-order valence-corrected chi connectivity index (χ1v) is 19.5. The lowest BCUT2D eigenvalue weighted by atomic mass is 9.96. The van der Waals surface area contributed by atoms with Gasteiger partial charge < -0.3 is 20.3 Å². The van der Waals surface area contributed by atoms with Crippen LogP contribution in [-0.4, -0.2) is 78.1 Å². The van der Waals surface area contributed by atoms with Crippen molar-refractivity contribution in [3.05, 3.63) is 54.8 Å². The number of nitrogens with one attached hydrogen (secondary N) is 3. The van der Waals surface area contributed by atoms with Crippen LogP contribution in [0.3, 0.4) is 0 Å². The molecule has 49 heavy (non-hydrogen) atoms. The van der Waals surface area contributed by atoms with Crippen molar-refractivity contribution in [2.45, 2.75) is 106 Å². The van der Waals surface area contributed by atoms with E-state index in [1.54, 1.807) is 17.2 Å². The number of carbonyl (C=O) groups is 3. The smallest absolute Gasteiger partial charge is 0.259 e. The average molecular weight is 690 g/mol. The van der Waals surface area contributed by atoms with Crippen molar-refractivity contribution in [3.8, 4) is 5.88 Å². The van der Waals surface area contributed by atoms with Gasteiger partial charge in [-0.2, -0.15) is 0 Å². The van der Waals surface area contributed by atoms with Crippen LogP contribution in [0.4, 0.5) is 0 Å². The van der Waals surface area contributed by atoms with Crippen molar-refractivity contribution in [3.63, 3.8) is 0 Å². The number of pyridine rings is 1. The summed E-state index contributed by atoms with van der Waals surface area (Å²) >= 11 is 0. The van der Waals surface area contributed by atoms with E-state index in [4.69, 9.17) is 4.74 Å². The number of benzene rings is 1. The van der Waals surface area contributed by atoms with Crippen LogP contribution in [-0.2, 0) is 24.4 Å². The van der Waals surface area contributed by atoms with Gasteiger partial charge in [-0.3, -0.25) is 19.1 Å². The van der Waals surface area contributed by atoms with Crippen molar-refractivity contribution in [2.75, 3.05) is 13.1 Å². The summed E-state index contributed by atoms with van der Waals surface area (Å²) in [5, 5.41) is 7.72. The molecule has 1 saturated heterocycles. The SMILES string of the molecule is C=C[C@@H]1C[C@]1(NC(=O)[C@@H]1C[C@@H]2CN1C(=O)[C@@H](C1CCCC1)NCCCCC/C=C/c1ccc3ccnc(c3c1)O2)C(=O)NS(=O)(=O)C1CC1. The summed E-state index contributed by atoms with van der Waals surface area (Å²) in [7, 11) is -3.83. The lowest BCUT2D eigenvalue weighted by Crippen LogP contribution is -2.58. The molecule has 0 spiro atoms. The standard InChI is InChI=1S/C37H47N5O6S/c1-2-27-22-37(27,36(45)41-49(46,47)29-15-16-29)40-33(43)31-21-28-23-42(31)35(44)32(26-11-7-8-12-26)38-18-9-5-3-4-6-10-24-13-14-25-17-19-39-34(48-28)30(25)20-24/h2,6,10,13-14,17,19-20,26-29,31-32,38H,1,3-5,7-9,11-12,15-16,18,21-23H2,(H,40,43)(H,41,45)/b10-6+/t27-,28-,31+,32-,37-/m1/s1. The molecule has 11 nitrogen and oxygen atoms in total. The molecule has 1 aromatic carbocycles. The number of hydrogen-bond donors (Lipinski definition) is 3. The van der Waals surface area contributed by atoms with E-state index in [-0.39, 0.29) is 31.2 Å². The number of amides is 3. The van der Waals surface area contributed by atoms with Crippen molar-refractivity contribution in [1.82, 2.24) is 25.2 Å². The summed E-state index contributed by atoms with van der Waals surface area (Å²) in [6, 6.07) is 6.74. The summed E-state index contributed by atoms with van der Waals surface area (Å²) in [5.41, 5.74) is -0.396. The van der Waals surface area contributed by atoms with Gasteiger partial charge in [-0.25, -0.2) is 13.4 Å². The van der Waals surface area contributed by atoms with Gasteiger partial charge in [0.15, 0.2) is 0 Å². The lowest BCUT2D eigenvalue weighted by Gasteiger charge is -2.32. The number of nitrogens with zero attached hydrogens (tertiary/aromatic N) is 2. The van der Waals surface area contributed by atoms with Crippen molar-refractivity contribution in [2.24, 2.45) is 11.8 Å². The first-order chi connectivity index (χ1) is 23.7. The zero-order valence-electron chi connectivity index (χ0n) is 27.9. The molecule has 1 aromatic heterocycles. The number of carbonyl (C=O) groups excluding carboxylic acids is 3.